The molecule has 0 fully saturated rings. The Bertz CT molecular complexity index is 815. The summed E-state index contributed by atoms with van der Waals surface area (Å²) < 4.78 is 0. The van der Waals surface area contributed by atoms with E-state index in [0.717, 1.165) is 12.1 Å². The molecule has 2 aromatic rings. The van der Waals surface area contributed by atoms with E-state index in [1.807, 2.05) is 0 Å². The molecular formula is C14H6N2O6. The van der Waals surface area contributed by atoms with Crippen LogP contribution in [0.3, 0.4) is 0 Å². The van der Waals surface area contributed by atoms with Crippen molar-refractivity contribution in [3.8, 4) is 0 Å². The van der Waals surface area contributed by atoms with Gasteiger partial charge in [0.1, 0.15) is 0 Å². The Morgan fingerprint density at radius 3 is 1.36 bits per heavy atom. The highest BCUT2D eigenvalue weighted by atomic mass is 16.6. The zero-order valence-electron chi connectivity index (χ0n) is 10.8. The predicted molar refractivity (Wildman–Crippen MR) is 73.1 cm³/mol. The van der Waals surface area contributed by atoms with Gasteiger partial charge < -0.3 is 0 Å². The first-order chi connectivity index (χ1) is 10.4. The summed E-state index contributed by atoms with van der Waals surface area (Å²) in [6.07, 6.45) is 0. The van der Waals surface area contributed by atoms with E-state index >= 15 is 0 Å². The summed E-state index contributed by atoms with van der Waals surface area (Å²) in [6.45, 7) is 0. The summed E-state index contributed by atoms with van der Waals surface area (Å²) in [7, 11) is 0. The number of nitro groups is 2. The normalized spacial score (nSPS) is 12.5. The molecule has 0 spiro atoms. The standard InChI is InChI=1S/C14H6N2O6/c17-13-7-3-1-2-4-8(7)14(18)10-6-12(16(21)22)11(15(19)20)5-9(10)13/h1-6H. The van der Waals surface area contributed by atoms with Crippen molar-refractivity contribution in [2.24, 2.45) is 0 Å². The topological polar surface area (TPSA) is 120 Å². The zero-order valence-corrected chi connectivity index (χ0v) is 10.8. The van der Waals surface area contributed by atoms with E-state index in [-0.39, 0.29) is 22.3 Å². The van der Waals surface area contributed by atoms with E-state index < -0.39 is 32.8 Å². The minimum Gasteiger partial charge on any atom is -0.289 e. The van der Waals surface area contributed by atoms with Crippen molar-refractivity contribution < 1.29 is 19.4 Å². The third-order valence-electron chi connectivity index (χ3n) is 3.41. The smallest absolute Gasteiger partial charge is 0.289 e. The van der Waals surface area contributed by atoms with Gasteiger partial charge in [-0.2, -0.15) is 0 Å². The van der Waals surface area contributed by atoms with Crippen LogP contribution < -0.4 is 0 Å². The number of nitrogens with zero attached hydrogens (tertiary/aromatic N) is 2. The van der Waals surface area contributed by atoms with E-state index in [4.69, 9.17) is 0 Å². The van der Waals surface area contributed by atoms with Gasteiger partial charge in [-0.25, -0.2) is 0 Å². The van der Waals surface area contributed by atoms with Gasteiger partial charge >= 0.3 is 11.4 Å². The van der Waals surface area contributed by atoms with Crippen LogP contribution in [0.1, 0.15) is 31.8 Å². The molecule has 0 unspecified atom stereocenters. The third-order valence-corrected chi connectivity index (χ3v) is 3.41. The number of rotatable bonds is 2. The first-order valence-corrected chi connectivity index (χ1v) is 6.07. The number of fused-ring (bicyclic) bond motifs is 2. The quantitative estimate of drug-likeness (QED) is 0.528. The number of hydrogen-bond donors (Lipinski definition) is 0. The minimum absolute atomic E-state index is 0.128. The Balaban J connectivity index is 2.34. The van der Waals surface area contributed by atoms with Crippen LogP contribution in [0.25, 0.3) is 0 Å². The minimum atomic E-state index is -0.948. The Morgan fingerprint density at radius 2 is 1.05 bits per heavy atom. The van der Waals surface area contributed by atoms with Crippen molar-refractivity contribution in [2.45, 2.75) is 0 Å². The molecule has 0 saturated heterocycles. The molecule has 0 amide bonds. The van der Waals surface area contributed by atoms with Crippen molar-refractivity contribution in [2.75, 3.05) is 0 Å². The number of benzene rings is 2. The molecule has 1 aliphatic carbocycles. The van der Waals surface area contributed by atoms with E-state index in [9.17, 15) is 29.8 Å². The van der Waals surface area contributed by atoms with Crippen molar-refractivity contribution in [3.05, 3.63) is 78.9 Å². The number of carbonyl (C=O) groups excluding carboxylic acids is 2. The molecule has 0 saturated carbocycles. The Morgan fingerprint density at radius 1 is 0.682 bits per heavy atom. The zero-order chi connectivity index (χ0) is 16.0. The number of nitro benzene ring substituents is 2. The maximum absolute atomic E-state index is 12.4. The predicted octanol–water partition coefficient (Wildman–Crippen LogP) is 2.28. The van der Waals surface area contributed by atoms with Crippen LogP contribution in [0.15, 0.2) is 36.4 Å². The van der Waals surface area contributed by atoms with Gasteiger partial charge in [0, 0.05) is 34.4 Å². The molecular weight excluding hydrogens is 292 g/mol. The second kappa shape index (κ2) is 4.55. The molecule has 0 aliphatic heterocycles. The molecule has 108 valence electrons. The highest BCUT2D eigenvalue weighted by Gasteiger charge is 2.35. The molecule has 0 N–H and O–H groups in total. The molecule has 1 aliphatic rings. The second-order valence-corrected chi connectivity index (χ2v) is 4.60. The molecule has 0 bridgehead atoms. The van der Waals surface area contributed by atoms with Gasteiger partial charge in [0.2, 0.25) is 0 Å². The number of carbonyl (C=O) groups is 2. The van der Waals surface area contributed by atoms with Gasteiger partial charge in [-0.15, -0.1) is 0 Å². The lowest BCUT2D eigenvalue weighted by molar-refractivity contribution is -0.422. The monoisotopic (exact) mass is 298 g/mol. The Hall–Kier alpha value is -3.42. The van der Waals surface area contributed by atoms with Crippen molar-refractivity contribution in [1.29, 1.82) is 0 Å². The van der Waals surface area contributed by atoms with Crippen LogP contribution in [0.4, 0.5) is 11.4 Å². The Kier molecular flexibility index (Phi) is 2.81. The molecule has 0 radical (unpaired) electrons. The van der Waals surface area contributed by atoms with Gasteiger partial charge in [-0.1, -0.05) is 24.3 Å². The molecule has 3 rings (SSSR count). The van der Waals surface area contributed by atoms with Gasteiger partial charge in [0.15, 0.2) is 11.6 Å². The maximum atomic E-state index is 12.4. The average molecular weight is 298 g/mol. The molecule has 8 heteroatoms. The van der Waals surface area contributed by atoms with Crippen molar-refractivity contribution in [1.82, 2.24) is 0 Å². The fourth-order valence-corrected chi connectivity index (χ4v) is 2.41. The van der Waals surface area contributed by atoms with Crippen molar-refractivity contribution in [3.63, 3.8) is 0 Å². The molecule has 8 nitrogen and oxygen atoms in total. The summed E-state index contributed by atoms with van der Waals surface area (Å²) in [5, 5.41) is 21.9. The highest BCUT2D eigenvalue weighted by Crippen LogP contribution is 2.35. The summed E-state index contributed by atoms with van der Waals surface area (Å²) in [5.41, 5.74) is -1.76. The molecule has 0 atom stereocenters. The van der Waals surface area contributed by atoms with Crippen LogP contribution in [-0.2, 0) is 0 Å². The summed E-state index contributed by atoms with van der Waals surface area (Å²) in [5.74, 6) is -1.13. The lowest BCUT2D eigenvalue weighted by Gasteiger charge is -2.16. The first-order valence-electron chi connectivity index (χ1n) is 6.07. The van der Waals surface area contributed by atoms with Crippen LogP contribution >= 0.6 is 0 Å². The van der Waals surface area contributed by atoms with Gasteiger partial charge in [0.25, 0.3) is 0 Å². The fraction of sp³-hybridized carbons (Fsp3) is 0. The van der Waals surface area contributed by atoms with E-state index in [1.54, 1.807) is 12.1 Å². The van der Waals surface area contributed by atoms with Crippen molar-refractivity contribution >= 4 is 22.9 Å². The lowest BCUT2D eigenvalue weighted by Crippen LogP contribution is -2.21. The fourth-order valence-electron chi connectivity index (χ4n) is 2.41. The largest absolute Gasteiger partial charge is 0.346 e. The summed E-state index contributed by atoms with van der Waals surface area (Å²) in [4.78, 5) is 44.7. The summed E-state index contributed by atoms with van der Waals surface area (Å²) >= 11 is 0. The van der Waals surface area contributed by atoms with E-state index in [1.165, 1.54) is 12.1 Å². The average Bonchev–Trinajstić information content (AvgIpc) is 2.51. The van der Waals surface area contributed by atoms with E-state index in [0.29, 0.717) is 0 Å². The van der Waals surface area contributed by atoms with Crippen LogP contribution in [0, 0.1) is 20.2 Å². The number of ketones is 2. The highest BCUT2D eigenvalue weighted by molar-refractivity contribution is 6.28. The summed E-state index contributed by atoms with van der Waals surface area (Å²) in [6, 6.07) is 7.59. The molecule has 0 aromatic heterocycles. The Labute approximate surface area is 122 Å². The molecule has 2 aromatic carbocycles. The lowest BCUT2D eigenvalue weighted by atomic mass is 9.83. The third kappa shape index (κ3) is 1.78. The van der Waals surface area contributed by atoms with Gasteiger partial charge in [0.05, 0.1) is 9.85 Å². The van der Waals surface area contributed by atoms with Crippen LogP contribution in [0.5, 0.6) is 0 Å². The van der Waals surface area contributed by atoms with E-state index in [2.05, 4.69) is 0 Å². The van der Waals surface area contributed by atoms with Crippen LogP contribution in [0.2, 0.25) is 0 Å². The second-order valence-electron chi connectivity index (χ2n) is 4.60. The molecule has 0 heterocycles. The van der Waals surface area contributed by atoms with Gasteiger partial charge in [-0.05, 0) is 0 Å². The van der Waals surface area contributed by atoms with Crippen LogP contribution in [-0.4, -0.2) is 21.4 Å². The maximum Gasteiger partial charge on any atom is 0.346 e. The first kappa shape index (κ1) is 13.6. The molecule has 22 heavy (non-hydrogen) atoms. The number of hydrogen-bond acceptors (Lipinski definition) is 6. The SMILES string of the molecule is O=C1c2ccccc2C(=O)c2cc([N+](=O)[O-])c([N+](=O)[O-])cc21. The van der Waals surface area contributed by atoms with Gasteiger partial charge in [-0.3, -0.25) is 29.8 Å².